The first-order chi connectivity index (χ1) is 18.5. The van der Waals surface area contributed by atoms with Crippen molar-refractivity contribution in [2.24, 2.45) is 22.7 Å². The van der Waals surface area contributed by atoms with Gasteiger partial charge in [-0.2, -0.15) is 0 Å². The highest BCUT2D eigenvalue weighted by molar-refractivity contribution is 5.90. The van der Waals surface area contributed by atoms with Crippen LogP contribution in [0.4, 0.5) is 0 Å². The molecule has 0 spiro atoms. The van der Waals surface area contributed by atoms with Crippen molar-refractivity contribution in [1.82, 2.24) is 4.90 Å². The summed E-state index contributed by atoms with van der Waals surface area (Å²) in [6, 6.07) is 21.0. The zero-order valence-electron chi connectivity index (χ0n) is 23.1. The average Bonchev–Trinajstić information content (AvgIpc) is 3.22. The van der Waals surface area contributed by atoms with Crippen molar-refractivity contribution in [2.75, 3.05) is 13.1 Å². The van der Waals surface area contributed by atoms with Gasteiger partial charge in [0.25, 0.3) is 0 Å². The lowest BCUT2D eigenvalue weighted by Gasteiger charge is -2.30. The van der Waals surface area contributed by atoms with Crippen molar-refractivity contribution >= 4 is 22.8 Å². The molecule has 1 aliphatic carbocycles. The number of rotatable bonds is 7. The van der Waals surface area contributed by atoms with Crippen molar-refractivity contribution in [3.05, 3.63) is 107 Å². The van der Waals surface area contributed by atoms with Crippen LogP contribution in [0.2, 0.25) is 0 Å². The van der Waals surface area contributed by atoms with E-state index in [1.165, 1.54) is 22.4 Å². The third kappa shape index (κ3) is 6.15. The molecule has 0 saturated heterocycles. The molecule has 5 rings (SSSR count). The summed E-state index contributed by atoms with van der Waals surface area (Å²) in [4.78, 5) is 20.8. The van der Waals surface area contributed by atoms with Crippen LogP contribution in [0.3, 0.4) is 0 Å². The summed E-state index contributed by atoms with van der Waals surface area (Å²) < 4.78 is 0. The van der Waals surface area contributed by atoms with E-state index in [1.54, 1.807) is 0 Å². The Kier molecular flexibility index (Phi) is 8.22. The van der Waals surface area contributed by atoms with Gasteiger partial charge in [-0.15, -0.1) is 0 Å². The van der Waals surface area contributed by atoms with Crippen molar-refractivity contribution < 1.29 is 4.79 Å². The number of fused-ring (bicyclic) bond motifs is 1. The van der Waals surface area contributed by atoms with E-state index in [0.29, 0.717) is 36.5 Å². The van der Waals surface area contributed by atoms with Crippen molar-refractivity contribution in [1.29, 1.82) is 0 Å². The molecule has 2 heterocycles. The van der Waals surface area contributed by atoms with Crippen LogP contribution in [0.1, 0.15) is 64.0 Å². The number of benzene rings is 2. The Morgan fingerprint density at radius 2 is 1.66 bits per heavy atom. The number of allylic oxidation sites excluding steroid dienone is 5. The average molecular weight is 505 g/mol. The highest BCUT2D eigenvalue weighted by Gasteiger charge is 2.25. The van der Waals surface area contributed by atoms with Crippen molar-refractivity contribution in [2.45, 2.75) is 52.9 Å². The van der Waals surface area contributed by atoms with Crippen molar-refractivity contribution in [3.8, 4) is 0 Å². The molecule has 0 saturated carbocycles. The van der Waals surface area contributed by atoms with Crippen LogP contribution in [-0.2, 0) is 4.79 Å². The molecule has 0 fully saturated rings. The molecule has 3 nitrogen and oxygen atoms in total. The van der Waals surface area contributed by atoms with Crippen LogP contribution >= 0.6 is 0 Å². The zero-order valence-corrected chi connectivity index (χ0v) is 23.1. The minimum absolute atomic E-state index is 0.322. The second-order valence-corrected chi connectivity index (χ2v) is 11.3. The Balaban J connectivity index is 1.28. The standard InChI is InChI=1S/C35H40N2O/c1-25(2)35-26(3)14-17-29-18-15-27(16-19-33(29)36-35)22-32(38)24-37-21-20-31(28-10-6-4-7-11-28)23-34(37)30-12-8-5-9-13-30/h4-13,17,19-20,23,25-27H,14-16,18,21-22,24H2,1-3H3. The minimum atomic E-state index is 0.322. The Morgan fingerprint density at radius 3 is 2.37 bits per heavy atom. The van der Waals surface area contributed by atoms with E-state index in [2.05, 4.69) is 98.5 Å². The molecule has 0 N–H and O–H groups in total. The third-order valence-corrected chi connectivity index (χ3v) is 8.08. The van der Waals surface area contributed by atoms with Gasteiger partial charge in [-0.3, -0.25) is 9.79 Å². The van der Waals surface area contributed by atoms with Crippen LogP contribution in [-0.4, -0.2) is 29.5 Å². The smallest absolute Gasteiger partial charge is 0.152 e. The van der Waals surface area contributed by atoms with E-state index < -0.39 is 0 Å². The Morgan fingerprint density at radius 1 is 0.947 bits per heavy atom. The lowest BCUT2D eigenvalue weighted by atomic mass is 9.92. The molecule has 38 heavy (non-hydrogen) atoms. The van der Waals surface area contributed by atoms with Gasteiger partial charge in [-0.1, -0.05) is 99.7 Å². The summed E-state index contributed by atoms with van der Waals surface area (Å²) in [7, 11) is 0. The Labute approximate surface area is 228 Å². The molecule has 3 heteroatoms. The van der Waals surface area contributed by atoms with Gasteiger partial charge in [0, 0.05) is 24.4 Å². The van der Waals surface area contributed by atoms with Crippen LogP contribution in [0.25, 0.3) is 11.3 Å². The third-order valence-electron chi connectivity index (χ3n) is 8.08. The van der Waals surface area contributed by atoms with Gasteiger partial charge in [0.1, 0.15) is 0 Å². The van der Waals surface area contributed by atoms with E-state index in [9.17, 15) is 4.79 Å². The molecule has 196 valence electrons. The maximum atomic E-state index is 13.4. The van der Waals surface area contributed by atoms with Crippen molar-refractivity contribution in [3.63, 3.8) is 0 Å². The van der Waals surface area contributed by atoms with Crippen LogP contribution in [0.15, 0.2) is 101 Å². The molecule has 2 atom stereocenters. The van der Waals surface area contributed by atoms with E-state index in [4.69, 9.17) is 4.99 Å². The quantitative estimate of drug-likeness (QED) is 0.381. The second-order valence-electron chi connectivity index (χ2n) is 11.3. The fraction of sp³-hybridized carbons (Fsp3) is 0.371. The van der Waals surface area contributed by atoms with Gasteiger partial charge in [0.05, 0.1) is 12.2 Å². The van der Waals surface area contributed by atoms with E-state index in [-0.39, 0.29) is 0 Å². The van der Waals surface area contributed by atoms with Gasteiger partial charge in [-0.05, 0) is 71.8 Å². The number of hydrogen-bond donors (Lipinski definition) is 0. The molecular weight excluding hydrogens is 464 g/mol. The molecule has 2 aliphatic heterocycles. The summed E-state index contributed by atoms with van der Waals surface area (Å²) >= 11 is 0. The predicted octanol–water partition coefficient (Wildman–Crippen LogP) is 8.13. The summed E-state index contributed by atoms with van der Waals surface area (Å²) in [6.07, 6.45) is 13.9. The van der Waals surface area contributed by atoms with E-state index in [0.717, 1.165) is 49.2 Å². The number of Topliss-reactive ketones (excluding diaryl/α,β-unsaturated/α-hetero) is 1. The number of ketones is 1. The molecule has 0 bridgehead atoms. The molecule has 0 aromatic heterocycles. The number of aliphatic imine (C=N–C) groups is 1. The number of hydrogen-bond acceptors (Lipinski definition) is 3. The molecule has 2 aromatic carbocycles. The molecule has 2 aromatic rings. The summed E-state index contributed by atoms with van der Waals surface area (Å²) in [6.45, 7) is 7.97. The highest BCUT2D eigenvalue weighted by atomic mass is 16.1. The van der Waals surface area contributed by atoms with Gasteiger partial charge < -0.3 is 4.90 Å². The fourth-order valence-corrected chi connectivity index (χ4v) is 5.97. The SMILES string of the molecule is CC(C)C1=NC2=CCC(CC(=O)CN3CC=C(c4ccccc4)C=C3c3ccccc3)CCC2=CCC1C. The zero-order chi connectivity index (χ0) is 26.5. The largest absolute Gasteiger partial charge is 0.360 e. The van der Waals surface area contributed by atoms with Crippen LogP contribution in [0, 0.1) is 17.8 Å². The monoisotopic (exact) mass is 504 g/mol. The lowest BCUT2D eigenvalue weighted by Crippen LogP contribution is -2.31. The summed E-state index contributed by atoms with van der Waals surface area (Å²) in [5, 5.41) is 0. The molecule has 0 radical (unpaired) electrons. The molecule has 2 unspecified atom stereocenters. The minimum Gasteiger partial charge on any atom is -0.360 e. The second kappa shape index (κ2) is 11.9. The first-order valence-electron chi connectivity index (χ1n) is 14.2. The number of carbonyl (C=O) groups is 1. The number of nitrogens with zero attached hydrogens (tertiary/aromatic N) is 2. The normalized spacial score (nSPS) is 21.8. The fourth-order valence-electron chi connectivity index (χ4n) is 5.97. The first kappa shape index (κ1) is 26.2. The maximum Gasteiger partial charge on any atom is 0.152 e. The summed E-state index contributed by atoms with van der Waals surface area (Å²) in [5.41, 5.74) is 8.56. The summed E-state index contributed by atoms with van der Waals surface area (Å²) in [5.74, 6) is 1.66. The molecular formula is C35H40N2O. The van der Waals surface area contributed by atoms with Gasteiger partial charge in [0.2, 0.25) is 0 Å². The topological polar surface area (TPSA) is 32.7 Å². The van der Waals surface area contributed by atoms with E-state index >= 15 is 0 Å². The van der Waals surface area contributed by atoms with E-state index in [1.807, 2.05) is 12.1 Å². The lowest BCUT2D eigenvalue weighted by molar-refractivity contribution is -0.120. The Bertz CT molecular complexity index is 1290. The predicted molar refractivity (Wildman–Crippen MR) is 160 cm³/mol. The van der Waals surface area contributed by atoms with Gasteiger partial charge in [-0.25, -0.2) is 0 Å². The highest BCUT2D eigenvalue weighted by Crippen LogP contribution is 2.34. The number of carbonyl (C=O) groups excluding carboxylic acids is 1. The first-order valence-corrected chi connectivity index (χ1v) is 14.2. The van der Waals surface area contributed by atoms with Crippen LogP contribution in [0.5, 0.6) is 0 Å². The van der Waals surface area contributed by atoms with Gasteiger partial charge >= 0.3 is 0 Å². The Hall–Kier alpha value is -3.46. The van der Waals surface area contributed by atoms with Gasteiger partial charge in [0.15, 0.2) is 5.78 Å². The molecule has 0 amide bonds. The molecule has 3 aliphatic rings. The van der Waals surface area contributed by atoms with Crippen LogP contribution < -0.4 is 0 Å². The maximum absolute atomic E-state index is 13.4.